The zero-order valence-electron chi connectivity index (χ0n) is 7.88. The van der Waals surface area contributed by atoms with E-state index in [0.717, 1.165) is 5.39 Å². The average molecular weight is 206 g/mol. The monoisotopic (exact) mass is 206 g/mol. The maximum Gasteiger partial charge on any atom is 0.320 e. The second-order valence-electron chi connectivity index (χ2n) is 3.28. The van der Waals surface area contributed by atoms with Gasteiger partial charge in [0.25, 0.3) is 0 Å². The summed E-state index contributed by atoms with van der Waals surface area (Å²) in [5.41, 5.74) is 6.04. The number of nitrogens with two attached hydrogens (primary N) is 1. The van der Waals surface area contributed by atoms with Crippen LogP contribution in [0.3, 0.4) is 0 Å². The van der Waals surface area contributed by atoms with E-state index in [2.05, 4.69) is 4.98 Å². The Bertz CT molecular complexity index is 459. The quantitative estimate of drug-likeness (QED) is 0.774. The molecule has 2 aromatic heterocycles. The first kappa shape index (κ1) is 9.67. The van der Waals surface area contributed by atoms with Crippen LogP contribution in [0.25, 0.3) is 11.0 Å². The van der Waals surface area contributed by atoms with Crippen LogP contribution in [0.2, 0.25) is 0 Å². The number of carbonyl (C=O) groups is 1. The van der Waals surface area contributed by atoms with E-state index in [-0.39, 0.29) is 6.42 Å². The molecule has 5 heteroatoms. The van der Waals surface area contributed by atoms with E-state index in [1.807, 2.05) is 0 Å². The lowest BCUT2D eigenvalue weighted by molar-refractivity contribution is -0.138. The molecule has 0 spiro atoms. The number of aliphatic carboxylic acids is 1. The molecule has 5 nitrogen and oxygen atoms in total. The van der Waals surface area contributed by atoms with E-state index in [4.69, 9.17) is 15.3 Å². The Morgan fingerprint density at radius 2 is 2.47 bits per heavy atom. The molecule has 0 saturated carbocycles. The Balaban J connectivity index is 2.26. The smallest absolute Gasteiger partial charge is 0.320 e. The summed E-state index contributed by atoms with van der Waals surface area (Å²) < 4.78 is 5.38. The van der Waals surface area contributed by atoms with Gasteiger partial charge in [0, 0.05) is 18.0 Å². The summed E-state index contributed by atoms with van der Waals surface area (Å²) >= 11 is 0. The highest BCUT2D eigenvalue weighted by atomic mass is 16.4. The molecule has 2 heterocycles. The van der Waals surface area contributed by atoms with E-state index in [9.17, 15) is 4.79 Å². The topological polar surface area (TPSA) is 89.4 Å². The van der Waals surface area contributed by atoms with Crippen molar-refractivity contribution in [2.75, 3.05) is 0 Å². The van der Waals surface area contributed by atoms with Crippen molar-refractivity contribution >= 4 is 16.9 Å². The normalized spacial score (nSPS) is 12.9. The van der Waals surface area contributed by atoms with Crippen molar-refractivity contribution < 1.29 is 14.3 Å². The highest BCUT2D eigenvalue weighted by Crippen LogP contribution is 2.18. The van der Waals surface area contributed by atoms with Crippen molar-refractivity contribution in [3.8, 4) is 0 Å². The molecule has 0 amide bonds. The van der Waals surface area contributed by atoms with Crippen LogP contribution in [-0.2, 0) is 11.2 Å². The van der Waals surface area contributed by atoms with Crippen LogP contribution in [0, 0.1) is 0 Å². The Labute approximate surface area is 85.5 Å². The lowest BCUT2D eigenvalue weighted by Gasteiger charge is -2.01. The summed E-state index contributed by atoms with van der Waals surface area (Å²) in [4.78, 5) is 14.4. The molecule has 0 radical (unpaired) electrons. The predicted octanol–water partition coefficient (Wildman–Crippen LogP) is 0.782. The number of furan rings is 1. The molecule has 0 saturated heterocycles. The Morgan fingerprint density at radius 1 is 1.67 bits per heavy atom. The molecule has 0 aromatic carbocycles. The fraction of sp³-hybridized carbons (Fsp3) is 0.200. The number of carboxylic acids is 1. The number of rotatable bonds is 3. The molecule has 2 aromatic rings. The number of fused-ring (bicyclic) bond motifs is 1. The molecule has 0 aliphatic carbocycles. The maximum atomic E-state index is 10.5. The first-order valence-electron chi connectivity index (χ1n) is 4.47. The first-order valence-corrected chi connectivity index (χ1v) is 4.47. The van der Waals surface area contributed by atoms with E-state index < -0.39 is 12.0 Å². The zero-order chi connectivity index (χ0) is 10.8. The molecule has 1 unspecified atom stereocenters. The second-order valence-corrected chi connectivity index (χ2v) is 3.28. The highest BCUT2D eigenvalue weighted by Gasteiger charge is 2.14. The van der Waals surface area contributed by atoms with Gasteiger partial charge in [0.05, 0.1) is 6.20 Å². The van der Waals surface area contributed by atoms with Gasteiger partial charge in [-0.3, -0.25) is 9.78 Å². The molecule has 15 heavy (non-hydrogen) atoms. The van der Waals surface area contributed by atoms with Crippen LogP contribution < -0.4 is 5.73 Å². The van der Waals surface area contributed by atoms with Gasteiger partial charge < -0.3 is 15.3 Å². The van der Waals surface area contributed by atoms with Gasteiger partial charge in [0.2, 0.25) is 0 Å². The van der Waals surface area contributed by atoms with Crippen LogP contribution >= 0.6 is 0 Å². The van der Waals surface area contributed by atoms with E-state index >= 15 is 0 Å². The third-order valence-electron chi connectivity index (χ3n) is 2.11. The van der Waals surface area contributed by atoms with Crippen LogP contribution in [0.4, 0.5) is 0 Å². The summed E-state index contributed by atoms with van der Waals surface area (Å²) in [6.45, 7) is 0. The average Bonchev–Trinajstić information content (AvgIpc) is 2.59. The minimum absolute atomic E-state index is 0.185. The van der Waals surface area contributed by atoms with Crippen molar-refractivity contribution in [2.45, 2.75) is 12.5 Å². The summed E-state index contributed by atoms with van der Waals surface area (Å²) in [7, 11) is 0. The van der Waals surface area contributed by atoms with Crippen molar-refractivity contribution in [1.29, 1.82) is 0 Å². The number of nitrogens with zero attached hydrogens (tertiary/aromatic N) is 1. The zero-order valence-corrected chi connectivity index (χ0v) is 7.88. The number of hydrogen-bond donors (Lipinski definition) is 2. The van der Waals surface area contributed by atoms with E-state index in [0.29, 0.717) is 11.3 Å². The number of hydrogen-bond acceptors (Lipinski definition) is 4. The standard InChI is InChI=1S/C10H10N2O3/c11-8(10(13)14)4-7-3-6-1-2-12-5-9(6)15-7/h1-3,5,8H,4,11H2,(H,13,14). The van der Waals surface area contributed by atoms with Crippen molar-refractivity contribution in [2.24, 2.45) is 5.73 Å². The van der Waals surface area contributed by atoms with Crippen LogP contribution in [0.1, 0.15) is 5.76 Å². The molecule has 0 fully saturated rings. The Morgan fingerprint density at radius 3 is 3.13 bits per heavy atom. The van der Waals surface area contributed by atoms with Gasteiger partial charge in [-0.15, -0.1) is 0 Å². The van der Waals surface area contributed by atoms with Gasteiger partial charge in [-0.25, -0.2) is 0 Å². The lowest BCUT2D eigenvalue weighted by Crippen LogP contribution is -2.32. The fourth-order valence-corrected chi connectivity index (χ4v) is 1.34. The number of carboxylic acid groups (broad SMARTS) is 1. The van der Waals surface area contributed by atoms with Crippen molar-refractivity contribution in [3.63, 3.8) is 0 Å². The molecule has 3 N–H and O–H groups in total. The SMILES string of the molecule is NC(Cc1cc2ccncc2o1)C(=O)O. The van der Waals surface area contributed by atoms with Crippen LogP contribution in [0.5, 0.6) is 0 Å². The van der Waals surface area contributed by atoms with Gasteiger partial charge in [0.15, 0.2) is 5.58 Å². The van der Waals surface area contributed by atoms with Crippen molar-refractivity contribution in [1.82, 2.24) is 4.98 Å². The number of aromatic nitrogens is 1. The fourth-order valence-electron chi connectivity index (χ4n) is 1.34. The summed E-state index contributed by atoms with van der Waals surface area (Å²) in [5, 5.41) is 9.54. The van der Waals surface area contributed by atoms with E-state index in [1.165, 1.54) is 0 Å². The molecule has 0 aliphatic heterocycles. The molecular weight excluding hydrogens is 196 g/mol. The molecule has 78 valence electrons. The molecule has 2 rings (SSSR count). The summed E-state index contributed by atoms with van der Waals surface area (Å²) in [5.74, 6) is -0.471. The third kappa shape index (κ3) is 1.97. The highest BCUT2D eigenvalue weighted by molar-refractivity contribution is 5.77. The minimum atomic E-state index is -1.03. The number of pyridine rings is 1. The predicted molar refractivity (Wildman–Crippen MR) is 53.3 cm³/mol. The first-order chi connectivity index (χ1) is 7.16. The third-order valence-corrected chi connectivity index (χ3v) is 2.11. The Kier molecular flexibility index (Phi) is 2.39. The molecule has 0 aliphatic rings. The molecule has 1 atom stereocenters. The van der Waals surface area contributed by atoms with Crippen molar-refractivity contribution in [3.05, 3.63) is 30.3 Å². The second kappa shape index (κ2) is 3.70. The van der Waals surface area contributed by atoms with Gasteiger partial charge in [-0.1, -0.05) is 0 Å². The van der Waals surface area contributed by atoms with E-state index in [1.54, 1.807) is 24.5 Å². The maximum absolute atomic E-state index is 10.5. The summed E-state index contributed by atoms with van der Waals surface area (Å²) in [6, 6.07) is 2.65. The van der Waals surface area contributed by atoms with Crippen LogP contribution in [0.15, 0.2) is 28.9 Å². The largest absolute Gasteiger partial charge is 0.480 e. The molecular formula is C10H10N2O3. The van der Waals surface area contributed by atoms with Gasteiger partial charge in [-0.05, 0) is 12.1 Å². The lowest BCUT2D eigenvalue weighted by atomic mass is 10.2. The Hall–Kier alpha value is -1.88. The molecule has 0 bridgehead atoms. The van der Waals surface area contributed by atoms with Gasteiger partial charge in [0.1, 0.15) is 11.8 Å². The minimum Gasteiger partial charge on any atom is -0.480 e. The van der Waals surface area contributed by atoms with Gasteiger partial charge in [-0.2, -0.15) is 0 Å². The van der Waals surface area contributed by atoms with Crippen LogP contribution in [-0.4, -0.2) is 22.1 Å². The van der Waals surface area contributed by atoms with Gasteiger partial charge >= 0.3 is 5.97 Å². The summed E-state index contributed by atoms with van der Waals surface area (Å²) in [6.07, 6.45) is 3.42.